The highest BCUT2D eigenvalue weighted by atomic mass is 35.5. The van der Waals surface area contributed by atoms with Crippen LogP contribution in [0.2, 0.25) is 0 Å². The second kappa shape index (κ2) is 4.01. The summed E-state index contributed by atoms with van der Waals surface area (Å²) in [6, 6.07) is 0. The predicted octanol–water partition coefficient (Wildman–Crippen LogP) is 0.312. The van der Waals surface area contributed by atoms with Crippen molar-refractivity contribution in [1.82, 2.24) is 0 Å². The van der Waals surface area contributed by atoms with Crippen LogP contribution in [0.1, 0.15) is 6.42 Å². The van der Waals surface area contributed by atoms with E-state index in [4.69, 9.17) is 16.7 Å². The Morgan fingerprint density at radius 1 is 1.67 bits per heavy atom. The average molecular weight is 162 g/mol. The minimum Gasteiger partial charge on any atom is -0.336 e. The third-order valence-corrected chi connectivity index (χ3v) is 0.681. The molecule has 0 saturated carbocycles. The first-order valence-electron chi connectivity index (χ1n) is 2.16. The van der Waals surface area contributed by atoms with E-state index in [9.17, 15) is 8.78 Å². The summed E-state index contributed by atoms with van der Waals surface area (Å²) in [6.07, 6.45) is -4.30. The Balaban J connectivity index is 0. The van der Waals surface area contributed by atoms with Crippen LogP contribution in [-0.4, -0.2) is 24.3 Å². The monoisotopic (exact) mass is 162 g/mol. The van der Waals surface area contributed by atoms with Crippen molar-refractivity contribution in [1.29, 1.82) is 0 Å². The van der Waals surface area contributed by atoms with Crippen molar-refractivity contribution in [3.63, 3.8) is 0 Å². The number of rotatable bonds is 2. The van der Waals surface area contributed by atoms with Gasteiger partial charge in [-0.05, 0) is 0 Å². The zero-order chi connectivity index (χ0) is 6.78. The van der Waals surface area contributed by atoms with E-state index in [1.165, 1.54) is 7.85 Å². The lowest BCUT2D eigenvalue weighted by molar-refractivity contribution is -0.200. The predicted molar refractivity (Wildman–Crippen MR) is 32.5 cm³/mol. The lowest BCUT2D eigenvalue weighted by Crippen LogP contribution is -2.19. The van der Waals surface area contributed by atoms with Crippen LogP contribution >= 0.6 is 11.6 Å². The minimum absolute atomic E-state index is 0. The van der Waals surface area contributed by atoms with Crippen LogP contribution in [0.15, 0.2) is 0 Å². The first kappa shape index (κ1) is 11.8. The Morgan fingerprint density at radius 3 is 2.00 bits per heavy atom. The Bertz CT molecular complexity index is 73.9. The second-order valence-corrected chi connectivity index (χ2v) is 2.40. The van der Waals surface area contributed by atoms with E-state index in [0.717, 1.165) is 0 Å². The maximum Gasteiger partial charge on any atom is 0.354 e. The van der Waals surface area contributed by atoms with Crippen molar-refractivity contribution in [2.24, 2.45) is 0 Å². The molecule has 1 N–H and O–H groups in total. The third kappa shape index (κ3) is 11.6. The molecule has 0 bridgehead atoms. The molecule has 0 aromatic rings. The molecule has 0 aliphatic heterocycles. The maximum atomic E-state index is 11.4. The second-order valence-electron chi connectivity index (χ2n) is 1.65. The van der Waals surface area contributed by atoms with Gasteiger partial charge in [0.05, 0.1) is 0 Å². The highest BCUT2D eigenvalue weighted by Crippen LogP contribution is 2.16. The van der Waals surface area contributed by atoms with Crippen LogP contribution in [0.4, 0.5) is 13.5 Å². The molecule has 0 rings (SSSR count). The lowest BCUT2D eigenvalue weighted by atomic mass is 10.0. The molecular formula is C3H7BClF3O. The number of hydrogen-bond donors (Lipinski definition) is 1. The summed E-state index contributed by atoms with van der Waals surface area (Å²) >= 11 is 5.12. The van der Waals surface area contributed by atoms with Crippen LogP contribution in [0, 0.1) is 0 Å². The van der Waals surface area contributed by atoms with Crippen molar-refractivity contribution in [2.75, 3.05) is 0 Å². The molecular weight excluding hydrogens is 155 g/mol. The van der Waals surface area contributed by atoms with E-state index in [-0.39, 0.29) is 4.70 Å². The SMILES string of the molecule is BC(Cl)CC(O)(F)F.F. The van der Waals surface area contributed by atoms with Crippen LogP contribution < -0.4 is 0 Å². The molecule has 0 fully saturated rings. The standard InChI is InChI=1S/C3H6BClF2O.FH/c4-2(5)1-3(6,7)8;/h2,8H,1,4H2;1H. The van der Waals surface area contributed by atoms with Gasteiger partial charge in [0.2, 0.25) is 0 Å². The molecule has 9 heavy (non-hydrogen) atoms. The van der Waals surface area contributed by atoms with Crippen LogP contribution in [0.5, 0.6) is 0 Å². The van der Waals surface area contributed by atoms with E-state index in [0.29, 0.717) is 0 Å². The molecule has 56 valence electrons. The molecule has 0 aliphatic rings. The number of halogens is 4. The molecule has 1 atom stereocenters. The molecule has 0 spiro atoms. The van der Waals surface area contributed by atoms with E-state index in [1.54, 1.807) is 0 Å². The topological polar surface area (TPSA) is 20.2 Å². The fourth-order valence-electron chi connectivity index (χ4n) is 0.338. The summed E-state index contributed by atoms with van der Waals surface area (Å²) in [5, 5.41) is 7.09. The zero-order valence-electron chi connectivity index (χ0n) is 4.77. The minimum atomic E-state index is -3.61. The normalized spacial score (nSPS) is 14.2. The molecule has 0 radical (unpaired) electrons. The summed E-state index contributed by atoms with van der Waals surface area (Å²) in [5.74, 6) is 0. The van der Waals surface area contributed by atoms with Crippen molar-refractivity contribution in [3.8, 4) is 0 Å². The molecule has 0 amide bonds. The van der Waals surface area contributed by atoms with Gasteiger partial charge in [-0.1, -0.05) is 0 Å². The lowest BCUT2D eigenvalue weighted by Gasteiger charge is -2.08. The Kier molecular flexibility index (Phi) is 5.27. The van der Waals surface area contributed by atoms with Gasteiger partial charge in [0.15, 0.2) is 0 Å². The van der Waals surface area contributed by atoms with E-state index in [2.05, 4.69) is 0 Å². The van der Waals surface area contributed by atoms with Gasteiger partial charge in [0, 0.05) is 11.7 Å². The van der Waals surface area contributed by atoms with Crippen molar-refractivity contribution < 1.29 is 18.6 Å². The van der Waals surface area contributed by atoms with Gasteiger partial charge in [0.1, 0.15) is 7.85 Å². The van der Waals surface area contributed by atoms with Crippen LogP contribution in [0.25, 0.3) is 0 Å². The van der Waals surface area contributed by atoms with E-state index in [1.807, 2.05) is 0 Å². The van der Waals surface area contributed by atoms with Crippen molar-refractivity contribution >= 4 is 19.4 Å². The van der Waals surface area contributed by atoms with Gasteiger partial charge < -0.3 is 5.11 Å². The molecule has 1 nitrogen and oxygen atoms in total. The zero-order valence-corrected chi connectivity index (χ0v) is 5.53. The molecule has 0 aliphatic carbocycles. The fraction of sp³-hybridized carbons (Fsp3) is 1.00. The smallest absolute Gasteiger partial charge is 0.336 e. The third-order valence-electron chi connectivity index (χ3n) is 0.527. The van der Waals surface area contributed by atoms with Gasteiger partial charge in [-0.3, -0.25) is 4.70 Å². The van der Waals surface area contributed by atoms with Gasteiger partial charge in [-0.25, -0.2) is 0 Å². The summed E-state index contributed by atoms with van der Waals surface area (Å²) in [4.78, 5) is 0. The van der Waals surface area contributed by atoms with Gasteiger partial charge in [0.25, 0.3) is 0 Å². The molecule has 0 saturated heterocycles. The Hall–Kier alpha value is 0.105. The first-order chi connectivity index (χ1) is 3.42. The summed E-state index contributed by atoms with van der Waals surface area (Å²) < 4.78 is 22.9. The summed E-state index contributed by atoms with van der Waals surface area (Å²) in [5.41, 5.74) is 0. The summed E-state index contributed by atoms with van der Waals surface area (Å²) in [6.45, 7) is 0. The highest BCUT2D eigenvalue weighted by molar-refractivity contribution is 6.40. The molecule has 6 heteroatoms. The molecule has 0 aromatic heterocycles. The first-order valence-corrected chi connectivity index (χ1v) is 2.60. The quantitative estimate of drug-likeness (QED) is 0.458. The molecule has 1 unspecified atom stereocenters. The van der Waals surface area contributed by atoms with Gasteiger partial charge in [-0.15, -0.1) is 11.6 Å². The largest absolute Gasteiger partial charge is 0.354 e. The van der Waals surface area contributed by atoms with Gasteiger partial charge >= 0.3 is 6.11 Å². The molecule has 0 heterocycles. The Labute approximate surface area is 56.8 Å². The average Bonchev–Trinajstić information content (AvgIpc) is 1.21. The van der Waals surface area contributed by atoms with E-state index >= 15 is 0 Å². The van der Waals surface area contributed by atoms with Crippen LogP contribution in [0.3, 0.4) is 0 Å². The van der Waals surface area contributed by atoms with Crippen LogP contribution in [-0.2, 0) is 0 Å². The Morgan fingerprint density at radius 2 is 2.00 bits per heavy atom. The highest BCUT2D eigenvalue weighted by Gasteiger charge is 2.25. The van der Waals surface area contributed by atoms with Crippen molar-refractivity contribution in [2.45, 2.75) is 17.8 Å². The summed E-state index contributed by atoms with van der Waals surface area (Å²) in [7, 11) is 1.39. The molecule has 0 aromatic carbocycles. The van der Waals surface area contributed by atoms with E-state index < -0.39 is 17.8 Å². The van der Waals surface area contributed by atoms with Gasteiger partial charge in [-0.2, -0.15) is 8.78 Å². The number of hydrogen-bond acceptors (Lipinski definition) is 1. The number of aliphatic hydroxyl groups is 1. The van der Waals surface area contributed by atoms with Crippen molar-refractivity contribution in [3.05, 3.63) is 0 Å². The number of alkyl halides is 3. The maximum absolute atomic E-state index is 11.4. The fourth-order valence-corrected chi connectivity index (χ4v) is 0.524.